The molecule has 0 fully saturated rings. The van der Waals surface area contributed by atoms with Crippen molar-refractivity contribution < 1.29 is 0 Å². The van der Waals surface area contributed by atoms with Gasteiger partial charge in [0.15, 0.2) is 5.82 Å². The van der Waals surface area contributed by atoms with Crippen LogP contribution in [-0.4, -0.2) is 20.6 Å². The van der Waals surface area contributed by atoms with Crippen LogP contribution in [0.5, 0.6) is 0 Å². The second-order valence-electron chi connectivity index (χ2n) is 2.63. The fourth-order valence-corrected chi connectivity index (χ4v) is 1.31. The molecule has 2 rings (SSSR count). The number of tetrazole rings is 1. The Morgan fingerprint density at radius 2 is 2.00 bits per heavy atom. The van der Waals surface area contributed by atoms with Gasteiger partial charge in [0.1, 0.15) is 0 Å². The Kier molecular flexibility index (Phi) is 2.35. The number of benzene rings is 1. The summed E-state index contributed by atoms with van der Waals surface area (Å²) in [4.78, 5) is 0. The van der Waals surface area contributed by atoms with Crippen LogP contribution in [0, 0.1) is 0 Å². The summed E-state index contributed by atoms with van der Waals surface area (Å²) in [5.41, 5.74) is 1.17. The van der Waals surface area contributed by atoms with Crippen LogP contribution in [0.1, 0.15) is 11.4 Å². The van der Waals surface area contributed by atoms with Gasteiger partial charge in [-0.1, -0.05) is 33.3 Å². The predicted molar refractivity (Wildman–Crippen MR) is 51.1 cm³/mol. The van der Waals surface area contributed by atoms with E-state index in [0.29, 0.717) is 12.2 Å². The van der Waals surface area contributed by atoms with Crippen molar-refractivity contribution in [3.8, 4) is 0 Å². The predicted octanol–water partition coefficient (Wildman–Crippen LogP) is 1.55. The maximum atomic E-state index is 3.88. The number of aromatic nitrogens is 4. The van der Waals surface area contributed by atoms with Gasteiger partial charge >= 0.3 is 0 Å². The number of nitrogens with zero attached hydrogens (tertiary/aromatic N) is 3. The van der Waals surface area contributed by atoms with Crippen molar-refractivity contribution in [2.24, 2.45) is 0 Å². The summed E-state index contributed by atoms with van der Waals surface area (Å²) < 4.78 is 1.07. The normalized spacial score (nSPS) is 10.2. The van der Waals surface area contributed by atoms with Gasteiger partial charge in [-0.05, 0) is 17.7 Å². The van der Waals surface area contributed by atoms with Crippen molar-refractivity contribution in [2.45, 2.75) is 6.42 Å². The van der Waals surface area contributed by atoms with Crippen molar-refractivity contribution >= 4 is 15.9 Å². The number of rotatable bonds is 2. The van der Waals surface area contributed by atoms with Gasteiger partial charge < -0.3 is 0 Å². The molecule has 0 atom stereocenters. The molecule has 0 aliphatic heterocycles. The average Bonchev–Trinajstić information content (AvgIpc) is 2.62. The Labute approximate surface area is 83.5 Å². The van der Waals surface area contributed by atoms with Gasteiger partial charge in [0.05, 0.1) is 0 Å². The third kappa shape index (κ3) is 2.12. The molecule has 0 saturated carbocycles. The van der Waals surface area contributed by atoms with E-state index in [0.717, 1.165) is 4.47 Å². The standard InChI is InChI=1S/C8H7BrN4/c9-7-3-1-6(2-4-7)5-8-10-12-13-11-8/h1-4H,5H2,(H,10,11,12,13). The average molecular weight is 239 g/mol. The minimum atomic E-state index is 0.710. The SMILES string of the molecule is Brc1ccc(Cc2nn[nH]n2)cc1. The lowest BCUT2D eigenvalue weighted by Gasteiger charge is -1.95. The van der Waals surface area contributed by atoms with Crippen LogP contribution >= 0.6 is 15.9 Å². The third-order valence-corrected chi connectivity index (χ3v) is 2.19. The maximum Gasteiger partial charge on any atom is 0.178 e. The first kappa shape index (κ1) is 8.37. The summed E-state index contributed by atoms with van der Waals surface area (Å²) in [5.74, 6) is 0.710. The van der Waals surface area contributed by atoms with Gasteiger partial charge in [-0.3, -0.25) is 0 Å². The highest BCUT2D eigenvalue weighted by molar-refractivity contribution is 9.10. The maximum absolute atomic E-state index is 3.88. The molecule has 1 aromatic heterocycles. The first-order chi connectivity index (χ1) is 6.34. The second-order valence-corrected chi connectivity index (χ2v) is 3.55. The van der Waals surface area contributed by atoms with Crippen LogP contribution < -0.4 is 0 Å². The van der Waals surface area contributed by atoms with Crippen LogP contribution in [0.25, 0.3) is 0 Å². The van der Waals surface area contributed by atoms with E-state index in [9.17, 15) is 0 Å². The first-order valence-corrected chi connectivity index (χ1v) is 4.60. The highest BCUT2D eigenvalue weighted by Crippen LogP contribution is 2.11. The minimum absolute atomic E-state index is 0.710. The van der Waals surface area contributed by atoms with Gasteiger partial charge in [-0.25, -0.2) is 0 Å². The van der Waals surface area contributed by atoms with E-state index in [4.69, 9.17) is 0 Å². The molecule has 2 aromatic rings. The second kappa shape index (κ2) is 3.66. The van der Waals surface area contributed by atoms with E-state index in [1.807, 2.05) is 24.3 Å². The molecule has 0 aliphatic rings. The molecule has 4 nitrogen and oxygen atoms in total. The van der Waals surface area contributed by atoms with Crippen molar-refractivity contribution in [2.75, 3.05) is 0 Å². The fourth-order valence-electron chi connectivity index (χ4n) is 1.04. The summed E-state index contributed by atoms with van der Waals surface area (Å²) in [5, 5.41) is 13.7. The van der Waals surface area contributed by atoms with Gasteiger partial charge in [0.25, 0.3) is 0 Å². The van der Waals surface area contributed by atoms with Gasteiger partial charge in [-0.2, -0.15) is 5.21 Å². The zero-order valence-corrected chi connectivity index (χ0v) is 8.32. The van der Waals surface area contributed by atoms with Crippen LogP contribution in [0.2, 0.25) is 0 Å². The number of nitrogens with one attached hydrogen (secondary N) is 1. The zero-order chi connectivity index (χ0) is 9.10. The van der Waals surface area contributed by atoms with Gasteiger partial charge in [0.2, 0.25) is 0 Å². The molecular formula is C8H7BrN4. The van der Waals surface area contributed by atoms with E-state index in [1.165, 1.54) is 5.56 Å². The molecule has 0 saturated heterocycles. The monoisotopic (exact) mass is 238 g/mol. The van der Waals surface area contributed by atoms with Crippen molar-refractivity contribution in [3.63, 3.8) is 0 Å². The Balaban J connectivity index is 2.15. The quantitative estimate of drug-likeness (QED) is 0.864. The van der Waals surface area contributed by atoms with E-state index < -0.39 is 0 Å². The van der Waals surface area contributed by atoms with Crippen molar-refractivity contribution in [1.82, 2.24) is 20.6 Å². The first-order valence-electron chi connectivity index (χ1n) is 3.81. The molecule has 0 spiro atoms. The number of H-pyrrole nitrogens is 1. The molecule has 0 aliphatic carbocycles. The van der Waals surface area contributed by atoms with Crippen molar-refractivity contribution in [1.29, 1.82) is 0 Å². The fraction of sp³-hybridized carbons (Fsp3) is 0.125. The minimum Gasteiger partial charge on any atom is -0.177 e. The van der Waals surface area contributed by atoms with E-state index in [-0.39, 0.29) is 0 Å². The molecule has 0 bridgehead atoms. The van der Waals surface area contributed by atoms with Crippen LogP contribution in [-0.2, 0) is 6.42 Å². The molecular weight excluding hydrogens is 232 g/mol. The molecule has 1 N–H and O–H groups in total. The molecule has 66 valence electrons. The molecule has 0 amide bonds. The molecule has 5 heteroatoms. The molecule has 0 unspecified atom stereocenters. The number of aromatic amines is 1. The van der Waals surface area contributed by atoms with Crippen LogP contribution in [0.3, 0.4) is 0 Å². The smallest absolute Gasteiger partial charge is 0.177 e. The van der Waals surface area contributed by atoms with Crippen LogP contribution in [0.15, 0.2) is 28.7 Å². The summed E-state index contributed by atoms with van der Waals surface area (Å²) in [6, 6.07) is 8.05. The number of halogens is 1. The highest BCUT2D eigenvalue weighted by Gasteiger charge is 1.99. The molecule has 0 radical (unpaired) electrons. The largest absolute Gasteiger partial charge is 0.178 e. The Bertz CT molecular complexity index is 368. The summed E-state index contributed by atoms with van der Waals surface area (Å²) >= 11 is 3.37. The lowest BCUT2D eigenvalue weighted by atomic mass is 10.1. The molecule has 1 aromatic carbocycles. The highest BCUT2D eigenvalue weighted by atomic mass is 79.9. The third-order valence-electron chi connectivity index (χ3n) is 1.66. The molecule has 1 heterocycles. The van der Waals surface area contributed by atoms with E-state index in [1.54, 1.807) is 0 Å². The zero-order valence-electron chi connectivity index (χ0n) is 6.74. The van der Waals surface area contributed by atoms with Gasteiger partial charge in [0, 0.05) is 10.9 Å². The van der Waals surface area contributed by atoms with E-state index >= 15 is 0 Å². The summed E-state index contributed by atoms with van der Waals surface area (Å²) in [6.07, 6.45) is 0.712. The van der Waals surface area contributed by atoms with E-state index in [2.05, 4.69) is 36.6 Å². The Hall–Kier alpha value is -1.23. The summed E-state index contributed by atoms with van der Waals surface area (Å²) in [7, 11) is 0. The Morgan fingerprint density at radius 1 is 1.23 bits per heavy atom. The summed E-state index contributed by atoms with van der Waals surface area (Å²) in [6.45, 7) is 0. The topological polar surface area (TPSA) is 54.5 Å². The molecule has 13 heavy (non-hydrogen) atoms. The van der Waals surface area contributed by atoms with Gasteiger partial charge in [-0.15, -0.1) is 10.2 Å². The lowest BCUT2D eigenvalue weighted by Crippen LogP contribution is -1.90. The van der Waals surface area contributed by atoms with Crippen molar-refractivity contribution in [3.05, 3.63) is 40.1 Å². The lowest BCUT2D eigenvalue weighted by molar-refractivity contribution is 0.881. The number of hydrogen-bond donors (Lipinski definition) is 1. The Morgan fingerprint density at radius 3 is 2.62 bits per heavy atom. The van der Waals surface area contributed by atoms with Crippen LogP contribution in [0.4, 0.5) is 0 Å². The number of hydrogen-bond acceptors (Lipinski definition) is 3.